The van der Waals surface area contributed by atoms with E-state index in [1.165, 1.54) is 21.6 Å². The van der Waals surface area contributed by atoms with Crippen LogP contribution in [0.25, 0.3) is 5.57 Å². The molecule has 2 heterocycles. The van der Waals surface area contributed by atoms with Gasteiger partial charge in [-0.05, 0) is 55.2 Å². The Morgan fingerprint density at radius 1 is 1.40 bits per heavy atom. The molecule has 2 nitrogen and oxygen atoms in total. The molecule has 0 fully saturated rings. The van der Waals surface area contributed by atoms with Gasteiger partial charge in [0.1, 0.15) is 12.4 Å². The molecule has 1 aromatic carbocycles. The Hall–Kier alpha value is -1.10. The Kier molecular flexibility index (Phi) is 4.24. The highest BCUT2D eigenvalue weighted by Crippen LogP contribution is 2.40. The second-order valence-electron chi connectivity index (χ2n) is 4.71. The van der Waals surface area contributed by atoms with Crippen LogP contribution in [-0.4, -0.2) is 13.6 Å². The fourth-order valence-corrected chi connectivity index (χ4v) is 3.69. The van der Waals surface area contributed by atoms with E-state index in [-0.39, 0.29) is 0 Å². The Morgan fingerprint density at radius 3 is 3.15 bits per heavy atom. The summed E-state index contributed by atoms with van der Waals surface area (Å²) < 4.78 is 7.04. The number of hydrogen-bond acceptors (Lipinski definition) is 3. The van der Waals surface area contributed by atoms with Crippen LogP contribution in [0.1, 0.15) is 22.4 Å². The molecule has 1 N–H and O–H groups in total. The van der Waals surface area contributed by atoms with Crippen LogP contribution in [-0.2, 0) is 6.61 Å². The molecule has 2 aromatic rings. The molecule has 20 heavy (non-hydrogen) atoms. The Labute approximate surface area is 131 Å². The normalized spacial score (nSPS) is 15.4. The lowest BCUT2D eigenvalue weighted by Gasteiger charge is -2.10. The first kappa shape index (κ1) is 13.9. The Morgan fingerprint density at radius 2 is 2.30 bits per heavy atom. The summed E-state index contributed by atoms with van der Waals surface area (Å²) in [5, 5.41) is 5.34. The van der Waals surface area contributed by atoms with Gasteiger partial charge in [-0.2, -0.15) is 0 Å². The number of rotatable bonds is 3. The molecule has 1 aliphatic heterocycles. The summed E-state index contributed by atoms with van der Waals surface area (Å²) in [5.41, 5.74) is 3.74. The molecule has 104 valence electrons. The minimum atomic E-state index is 0.650. The van der Waals surface area contributed by atoms with E-state index in [2.05, 4.69) is 44.8 Å². The van der Waals surface area contributed by atoms with E-state index >= 15 is 0 Å². The van der Waals surface area contributed by atoms with E-state index in [0.717, 1.165) is 23.2 Å². The summed E-state index contributed by atoms with van der Waals surface area (Å²) in [6, 6.07) is 8.38. The third-order valence-electron chi connectivity index (χ3n) is 3.35. The van der Waals surface area contributed by atoms with Crippen molar-refractivity contribution in [3.05, 3.63) is 56.2 Å². The predicted molar refractivity (Wildman–Crippen MR) is 88.4 cm³/mol. The molecule has 0 saturated heterocycles. The third-order valence-corrected chi connectivity index (χ3v) is 4.83. The summed E-state index contributed by atoms with van der Waals surface area (Å²) in [6.45, 7) is 1.63. The van der Waals surface area contributed by atoms with E-state index in [9.17, 15) is 0 Å². The van der Waals surface area contributed by atoms with Gasteiger partial charge in [0.25, 0.3) is 0 Å². The van der Waals surface area contributed by atoms with E-state index in [1.807, 2.05) is 19.2 Å². The van der Waals surface area contributed by atoms with Crippen LogP contribution >= 0.6 is 27.3 Å². The zero-order valence-corrected chi connectivity index (χ0v) is 13.7. The number of ether oxygens (including phenoxy) is 1. The lowest BCUT2D eigenvalue weighted by molar-refractivity contribution is 0.307. The number of nitrogens with one attached hydrogen (secondary N) is 1. The molecule has 0 atom stereocenters. The van der Waals surface area contributed by atoms with Crippen molar-refractivity contribution in [3.63, 3.8) is 0 Å². The minimum Gasteiger partial charge on any atom is -0.488 e. The molecular formula is C16H16BrNOS. The van der Waals surface area contributed by atoms with E-state index < -0.39 is 0 Å². The van der Waals surface area contributed by atoms with E-state index in [4.69, 9.17) is 4.74 Å². The molecule has 0 saturated carbocycles. The molecule has 1 aliphatic rings. The average Bonchev–Trinajstić information content (AvgIpc) is 2.85. The van der Waals surface area contributed by atoms with Crippen molar-refractivity contribution < 1.29 is 4.74 Å². The average molecular weight is 350 g/mol. The van der Waals surface area contributed by atoms with Crippen molar-refractivity contribution in [2.75, 3.05) is 13.6 Å². The predicted octanol–water partition coefficient (Wildman–Crippen LogP) is 4.44. The first-order valence-electron chi connectivity index (χ1n) is 6.64. The molecular weight excluding hydrogens is 334 g/mol. The number of halogens is 1. The third kappa shape index (κ3) is 2.68. The molecule has 0 bridgehead atoms. The fourth-order valence-electron chi connectivity index (χ4n) is 2.37. The maximum atomic E-state index is 5.95. The van der Waals surface area contributed by atoms with Crippen LogP contribution in [0.4, 0.5) is 0 Å². The van der Waals surface area contributed by atoms with Gasteiger partial charge in [0, 0.05) is 20.5 Å². The van der Waals surface area contributed by atoms with Crippen molar-refractivity contribution in [1.29, 1.82) is 0 Å². The first-order valence-corrected chi connectivity index (χ1v) is 8.31. The van der Waals surface area contributed by atoms with Crippen LogP contribution in [0.3, 0.4) is 0 Å². The van der Waals surface area contributed by atoms with Crippen molar-refractivity contribution in [2.24, 2.45) is 0 Å². The van der Waals surface area contributed by atoms with Crippen LogP contribution < -0.4 is 10.1 Å². The lowest BCUT2D eigenvalue weighted by Crippen LogP contribution is -2.06. The maximum Gasteiger partial charge on any atom is 0.127 e. The molecule has 0 radical (unpaired) electrons. The second-order valence-corrected chi connectivity index (χ2v) is 6.55. The van der Waals surface area contributed by atoms with Gasteiger partial charge in [-0.3, -0.25) is 0 Å². The minimum absolute atomic E-state index is 0.650. The first-order chi connectivity index (χ1) is 9.79. The number of thiophene rings is 1. The summed E-state index contributed by atoms with van der Waals surface area (Å²) >= 11 is 5.35. The maximum absolute atomic E-state index is 5.95. The molecule has 0 unspecified atom stereocenters. The van der Waals surface area contributed by atoms with Crippen molar-refractivity contribution in [3.8, 4) is 5.75 Å². The highest BCUT2D eigenvalue weighted by atomic mass is 79.9. The number of fused-ring (bicyclic) bond motifs is 2. The van der Waals surface area contributed by atoms with Crippen molar-refractivity contribution >= 4 is 32.8 Å². The zero-order chi connectivity index (χ0) is 13.9. The Bertz CT molecular complexity index is 648. The summed E-state index contributed by atoms with van der Waals surface area (Å²) in [6.07, 6.45) is 3.32. The zero-order valence-electron chi connectivity index (χ0n) is 11.3. The van der Waals surface area contributed by atoms with Gasteiger partial charge >= 0.3 is 0 Å². The molecule has 1 aromatic heterocycles. The van der Waals surface area contributed by atoms with Crippen LogP contribution in [0.15, 0.2) is 40.2 Å². The van der Waals surface area contributed by atoms with E-state index in [0.29, 0.717) is 6.61 Å². The lowest BCUT2D eigenvalue weighted by atomic mass is 10.0. The number of benzene rings is 1. The summed E-state index contributed by atoms with van der Waals surface area (Å²) in [7, 11) is 1.98. The quantitative estimate of drug-likeness (QED) is 0.826. The Balaban J connectivity index is 2.11. The van der Waals surface area contributed by atoms with Crippen LogP contribution in [0.5, 0.6) is 5.75 Å². The van der Waals surface area contributed by atoms with Gasteiger partial charge in [0.05, 0.1) is 0 Å². The molecule has 3 rings (SSSR count). The topological polar surface area (TPSA) is 21.3 Å². The van der Waals surface area contributed by atoms with Gasteiger partial charge in [-0.1, -0.05) is 22.0 Å². The van der Waals surface area contributed by atoms with Gasteiger partial charge in [0.15, 0.2) is 0 Å². The van der Waals surface area contributed by atoms with Gasteiger partial charge < -0.3 is 10.1 Å². The smallest absolute Gasteiger partial charge is 0.127 e. The molecule has 4 heteroatoms. The highest BCUT2D eigenvalue weighted by Gasteiger charge is 2.20. The molecule has 0 aliphatic carbocycles. The molecule has 0 spiro atoms. The van der Waals surface area contributed by atoms with Crippen molar-refractivity contribution in [2.45, 2.75) is 13.0 Å². The SMILES string of the molecule is CNCC/C=C1\c2cc(Br)ccc2OCc2ccsc21. The summed E-state index contributed by atoms with van der Waals surface area (Å²) in [4.78, 5) is 1.33. The van der Waals surface area contributed by atoms with Gasteiger partial charge in [-0.15, -0.1) is 11.3 Å². The standard InChI is InChI=1S/C16H16BrNOS/c1-18-7-2-3-13-14-9-12(17)4-5-15(14)19-10-11-6-8-20-16(11)13/h3-6,8-9,18H,2,7,10H2,1H3/b13-3+. The largest absolute Gasteiger partial charge is 0.488 e. The second kappa shape index (κ2) is 6.12. The van der Waals surface area contributed by atoms with Gasteiger partial charge in [-0.25, -0.2) is 0 Å². The summed E-state index contributed by atoms with van der Waals surface area (Å²) in [5.74, 6) is 0.965. The van der Waals surface area contributed by atoms with Crippen LogP contribution in [0, 0.1) is 0 Å². The van der Waals surface area contributed by atoms with E-state index in [1.54, 1.807) is 11.3 Å². The van der Waals surface area contributed by atoms with Crippen LogP contribution in [0.2, 0.25) is 0 Å². The van der Waals surface area contributed by atoms with Crippen molar-refractivity contribution in [1.82, 2.24) is 5.32 Å². The molecule has 0 amide bonds. The highest BCUT2D eigenvalue weighted by molar-refractivity contribution is 9.10. The van der Waals surface area contributed by atoms with Gasteiger partial charge in [0.2, 0.25) is 0 Å². The fraction of sp³-hybridized carbons (Fsp3) is 0.250. The number of hydrogen-bond donors (Lipinski definition) is 1. The monoisotopic (exact) mass is 349 g/mol.